The van der Waals surface area contributed by atoms with Crippen LogP contribution in [0.4, 0.5) is 0 Å². The first-order valence-electron chi connectivity index (χ1n) is 4.60. The van der Waals surface area contributed by atoms with Crippen molar-refractivity contribution in [3.05, 3.63) is 11.9 Å². The number of hydrogen-bond donors (Lipinski definition) is 2. The Kier molecular flexibility index (Phi) is 2.76. The highest BCUT2D eigenvalue weighted by molar-refractivity contribution is 4.92. The van der Waals surface area contributed by atoms with Gasteiger partial charge in [-0.25, -0.2) is 0 Å². The molecule has 2 unspecified atom stereocenters. The molecule has 0 spiro atoms. The minimum atomic E-state index is -0.410. The van der Waals surface area contributed by atoms with Gasteiger partial charge in [-0.15, -0.1) is 0 Å². The lowest BCUT2D eigenvalue weighted by Gasteiger charge is -2.12. The number of aryl methyl sites for hydroxylation is 1. The third kappa shape index (κ3) is 2.09. The van der Waals surface area contributed by atoms with E-state index in [2.05, 4.69) is 15.5 Å². The van der Waals surface area contributed by atoms with Gasteiger partial charge in [0, 0.05) is 13.6 Å². The maximum Gasteiger partial charge on any atom is 0.0964 e. The third-order valence-electron chi connectivity index (χ3n) is 2.24. The number of hydrogen-bond acceptors (Lipinski definition) is 5. The number of nitrogens with one attached hydrogen (secondary N) is 1. The summed E-state index contributed by atoms with van der Waals surface area (Å²) in [5.74, 6) is 0. The summed E-state index contributed by atoms with van der Waals surface area (Å²) in [6.07, 6.45) is 1.29. The van der Waals surface area contributed by atoms with Crippen molar-refractivity contribution in [2.45, 2.75) is 18.7 Å². The lowest BCUT2D eigenvalue weighted by Crippen LogP contribution is -2.38. The van der Waals surface area contributed by atoms with Crippen LogP contribution in [0.2, 0.25) is 0 Å². The van der Waals surface area contributed by atoms with Crippen LogP contribution in [0.25, 0.3) is 0 Å². The monoisotopic (exact) mass is 198 g/mol. The molecule has 2 rings (SSSR count). The van der Waals surface area contributed by atoms with E-state index in [1.165, 1.54) is 4.80 Å². The van der Waals surface area contributed by atoms with Gasteiger partial charge in [0.25, 0.3) is 0 Å². The molecule has 0 saturated carbocycles. The lowest BCUT2D eigenvalue weighted by atomic mass is 10.2. The number of nitrogens with zero attached hydrogens (tertiary/aromatic N) is 3. The predicted molar refractivity (Wildman–Crippen MR) is 48.5 cm³/mol. The zero-order valence-corrected chi connectivity index (χ0v) is 8.05. The Morgan fingerprint density at radius 2 is 2.57 bits per heavy atom. The van der Waals surface area contributed by atoms with Gasteiger partial charge in [0.1, 0.15) is 0 Å². The fourth-order valence-electron chi connectivity index (χ4n) is 1.44. The van der Waals surface area contributed by atoms with E-state index in [4.69, 9.17) is 4.74 Å². The Hall–Kier alpha value is -0.980. The van der Waals surface area contributed by atoms with Gasteiger partial charge in [-0.1, -0.05) is 0 Å². The first kappa shape index (κ1) is 9.57. The molecule has 1 fully saturated rings. The number of aliphatic hydroxyl groups excluding tert-OH is 1. The molecule has 2 heterocycles. The van der Waals surface area contributed by atoms with Crippen LogP contribution in [0.5, 0.6) is 0 Å². The van der Waals surface area contributed by atoms with Gasteiger partial charge in [0.05, 0.1) is 37.3 Å². The van der Waals surface area contributed by atoms with Crippen molar-refractivity contribution in [1.82, 2.24) is 20.3 Å². The molecule has 14 heavy (non-hydrogen) atoms. The molecule has 0 radical (unpaired) electrons. The number of aromatic nitrogens is 3. The van der Waals surface area contributed by atoms with E-state index in [0.29, 0.717) is 19.8 Å². The Labute approximate surface area is 81.9 Å². The SMILES string of the molecule is Cn1ncc(CNC2COCC2O)n1. The molecular formula is C8H14N4O2. The molecule has 2 N–H and O–H groups in total. The summed E-state index contributed by atoms with van der Waals surface area (Å²) < 4.78 is 5.11. The molecule has 0 aliphatic carbocycles. The Balaban J connectivity index is 1.82. The van der Waals surface area contributed by atoms with Gasteiger partial charge >= 0.3 is 0 Å². The molecule has 6 nitrogen and oxygen atoms in total. The van der Waals surface area contributed by atoms with Crippen molar-refractivity contribution < 1.29 is 9.84 Å². The van der Waals surface area contributed by atoms with Crippen LogP contribution in [-0.2, 0) is 18.3 Å². The van der Waals surface area contributed by atoms with Crippen LogP contribution >= 0.6 is 0 Å². The van der Waals surface area contributed by atoms with Gasteiger partial charge in [0.15, 0.2) is 0 Å². The van der Waals surface area contributed by atoms with Crippen LogP contribution in [0, 0.1) is 0 Å². The predicted octanol–water partition coefficient (Wildman–Crippen LogP) is -1.34. The number of ether oxygens (including phenoxy) is 1. The van der Waals surface area contributed by atoms with E-state index in [-0.39, 0.29) is 6.04 Å². The smallest absolute Gasteiger partial charge is 0.0964 e. The maximum absolute atomic E-state index is 9.44. The second kappa shape index (κ2) is 4.04. The van der Waals surface area contributed by atoms with Crippen LogP contribution in [0.3, 0.4) is 0 Å². The van der Waals surface area contributed by atoms with Crippen molar-refractivity contribution in [3.8, 4) is 0 Å². The van der Waals surface area contributed by atoms with Gasteiger partial charge in [-0.2, -0.15) is 15.0 Å². The lowest BCUT2D eigenvalue weighted by molar-refractivity contribution is 0.122. The van der Waals surface area contributed by atoms with Crippen molar-refractivity contribution in [2.24, 2.45) is 7.05 Å². The van der Waals surface area contributed by atoms with Crippen LogP contribution in [0.1, 0.15) is 5.69 Å². The number of rotatable bonds is 3. The summed E-state index contributed by atoms with van der Waals surface area (Å²) in [4.78, 5) is 1.51. The van der Waals surface area contributed by atoms with Gasteiger partial charge in [-0.3, -0.25) is 0 Å². The highest BCUT2D eigenvalue weighted by atomic mass is 16.5. The molecule has 0 amide bonds. The summed E-state index contributed by atoms with van der Waals surface area (Å²) >= 11 is 0. The average Bonchev–Trinajstić information content (AvgIpc) is 2.72. The molecule has 78 valence electrons. The van der Waals surface area contributed by atoms with E-state index >= 15 is 0 Å². The normalized spacial score (nSPS) is 27.0. The highest BCUT2D eigenvalue weighted by Crippen LogP contribution is 2.05. The third-order valence-corrected chi connectivity index (χ3v) is 2.24. The van der Waals surface area contributed by atoms with E-state index in [1.807, 2.05) is 0 Å². The largest absolute Gasteiger partial charge is 0.389 e. The molecule has 1 aromatic rings. The highest BCUT2D eigenvalue weighted by Gasteiger charge is 2.25. The molecule has 1 aliphatic rings. The second-order valence-corrected chi connectivity index (χ2v) is 3.42. The Morgan fingerprint density at radius 3 is 3.14 bits per heavy atom. The van der Waals surface area contributed by atoms with E-state index in [0.717, 1.165) is 5.69 Å². The van der Waals surface area contributed by atoms with Gasteiger partial charge in [-0.05, 0) is 0 Å². The molecule has 2 atom stereocenters. The summed E-state index contributed by atoms with van der Waals surface area (Å²) in [5.41, 5.74) is 0.867. The summed E-state index contributed by atoms with van der Waals surface area (Å²) in [6.45, 7) is 1.58. The van der Waals surface area contributed by atoms with Crippen molar-refractivity contribution >= 4 is 0 Å². The van der Waals surface area contributed by atoms with E-state index in [9.17, 15) is 5.11 Å². The standard InChI is InChI=1S/C8H14N4O2/c1-12-10-3-6(11-12)2-9-7-4-14-5-8(7)13/h3,7-9,13H,2,4-5H2,1H3. The fourth-order valence-corrected chi connectivity index (χ4v) is 1.44. The Morgan fingerprint density at radius 1 is 1.71 bits per heavy atom. The summed E-state index contributed by atoms with van der Waals surface area (Å²) in [7, 11) is 1.77. The maximum atomic E-state index is 9.44. The van der Waals surface area contributed by atoms with E-state index < -0.39 is 6.10 Å². The quantitative estimate of drug-likeness (QED) is 0.629. The van der Waals surface area contributed by atoms with Crippen molar-refractivity contribution in [3.63, 3.8) is 0 Å². The molecule has 1 aliphatic heterocycles. The van der Waals surface area contributed by atoms with E-state index in [1.54, 1.807) is 13.2 Å². The first-order chi connectivity index (χ1) is 6.75. The van der Waals surface area contributed by atoms with Gasteiger partial charge in [0.2, 0.25) is 0 Å². The first-order valence-corrected chi connectivity index (χ1v) is 4.60. The molecule has 1 saturated heterocycles. The molecule has 6 heteroatoms. The zero-order chi connectivity index (χ0) is 9.97. The van der Waals surface area contributed by atoms with Crippen LogP contribution in [0.15, 0.2) is 6.20 Å². The fraction of sp³-hybridized carbons (Fsp3) is 0.750. The molecule has 0 aromatic carbocycles. The average molecular weight is 198 g/mol. The second-order valence-electron chi connectivity index (χ2n) is 3.42. The molecule has 0 bridgehead atoms. The van der Waals surface area contributed by atoms with Crippen molar-refractivity contribution in [1.29, 1.82) is 0 Å². The minimum absolute atomic E-state index is 0.0111. The topological polar surface area (TPSA) is 72.2 Å². The summed E-state index contributed by atoms with van der Waals surface area (Å²) in [6, 6.07) is 0.0111. The zero-order valence-electron chi connectivity index (χ0n) is 8.05. The molecule has 1 aromatic heterocycles. The van der Waals surface area contributed by atoms with Crippen LogP contribution in [-0.4, -0.2) is 45.5 Å². The molecular weight excluding hydrogens is 184 g/mol. The van der Waals surface area contributed by atoms with Gasteiger partial charge < -0.3 is 15.2 Å². The van der Waals surface area contributed by atoms with Crippen molar-refractivity contribution in [2.75, 3.05) is 13.2 Å². The number of aliphatic hydroxyl groups is 1. The van der Waals surface area contributed by atoms with Crippen LogP contribution < -0.4 is 5.32 Å². The minimum Gasteiger partial charge on any atom is -0.389 e. The Bertz CT molecular complexity index is 301. The summed E-state index contributed by atoms with van der Waals surface area (Å²) in [5, 5.41) is 20.7.